The molecule has 0 saturated heterocycles. The van der Waals surface area contributed by atoms with E-state index in [9.17, 15) is 4.79 Å². The minimum absolute atomic E-state index is 0.0515. The number of benzene rings is 2. The lowest BCUT2D eigenvalue weighted by atomic mass is 10.2. The summed E-state index contributed by atoms with van der Waals surface area (Å²) in [6, 6.07) is 13.5. The zero-order valence-electron chi connectivity index (χ0n) is 12.2. The van der Waals surface area contributed by atoms with Crippen molar-refractivity contribution in [2.75, 3.05) is 11.9 Å². The molecule has 0 atom stereocenters. The van der Waals surface area contributed by atoms with Crippen LogP contribution in [0.15, 0.2) is 46.9 Å². The molecule has 0 saturated carbocycles. The number of rotatable bonds is 5. The van der Waals surface area contributed by atoms with Gasteiger partial charge in [-0.1, -0.05) is 28.1 Å². The average molecular weight is 348 g/mol. The van der Waals surface area contributed by atoms with E-state index in [4.69, 9.17) is 4.74 Å². The Kier molecular flexibility index (Phi) is 5.39. The molecule has 1 N–H and O–H groups in total. The van der Waals surface area contributed by atoms with Gasteiger partial charge < -0.3 is 10.1 Å². The predicted molar refractivity (Wildman–Crippen MR) is 88.8 cm³/mol. The second-order valence-electron chi connectivity index (χ2n) is 4.93. The molecule has 4 heteroatoms. The van der Waals surface area contributed by atoms with Crippen LogP contribution in [0.1, 0.15) is 17.5 Å². The smallest absolute Gasteiger partial charge is 0.227 e. The van der Waals surface area contributed by atoms with E-state index in [1.165, 1.54) is 0 Å². The van der Waals surface area contributed by atoms with Gasteiger partial charge in [0.1, 0.15) is 5.75 Å². The van der Waals surface area contributed by atoms with E-state index in [-0.39, 0.29) is 5.91 Å². The number of hydrogen-bond donors (Lipinski definition) is 1. The SMILES string of the molecule is Cc1cccc(OCCC(=O)Nc2ccc(Br)c(C)c2)c1. The highest BCUT2D eigenvalue weighted by Gasteiger charge is 2.04. The summed E-state index contributed by atoms with van der Waals surface area (Å²) in [5, 5.41) is 2.87. The minimum Gasteiger partial charge on any atom is -0.493 e. The lowest BCUT2D eigenvalue weighted by molar-refractivity contribution is -0.116. The molecule has 0 aromatic heterocycles. The Bertz CT molecular complexity index is 640. The van der Waals surface area contributed by atoms with Crippen LogP contribution in [0.3, 0.4) is 0 Å². The van der Waals surface area contributed by atoms with Crippen LogP contribution < -0.4 is 10.1 Å². The zero-order chi connectivity index (χ0) is 15.2. The van der Waals surface area contributed by atoms with Crippen LogP contribution in [0.2, 0.25) is 0 Å². The topological polar surface area (TPSA) is 38.3 Å². The quantitative estimate of drug-likeness (QED) is 0.866. The zero-order valence-corrected chi connectivity index (χ0v) is 13.7. The van der Waals surface area contributed by atoms with Gasteiger partial charge in [-0.3, -0.25) is 4.79 Å². The molecule has 2 aromatic carbocycles. The van der Waals surface area contributed by atoms with Gasteiger partial charge in [0.15, 0.2) is 0 Å². The van der Waals surface area contributed by atoms with E-state index in [0.717, 1.165) is 27.0 Å². The van der Waals surface area contributed by atoms with Crippen LogP contribution in [-0.4, -0.2) is 12.5 Å². The summed E-state index contributed by atoms with van der Waals surface area (Å²) in [5.74, 6) is 0.742. The molecule has 3 nitrogen and oxygen atoms in total. The molecule has 0 aliphatic heterocycles. The predicted octanol–water partition coefficient (Wildman–Crippen LogP) is 4.47. The lowest BCUT2D eigenvalue weighted by Crippen LogP contribution is -2.15. The minimum atomic E-state index is -0.0515. The number of carbonyl (C=O) groups is 1. The van der Waals surface area contributed by atoms with E-state index >= 15 is 0 Å². The van der Waals surface area contributed by atoms with Crippen molar-refractivity contribution < 1.29 is 9.53 Å². The van der Waals surface area contributed by atoms with Gasteiger partial charge in [0, 0.05) is 10.2 Å². The summed E-state index contributed by atoms with van der Waals surface area (Å²) < 4.78 is 6.60. The molecule has 21 heavy (non-hydrogen) atoms. The summed E-state index contributed by atoms with van der Waals surface area (Å²) >= 11 is 3.44. The van der Waals surface area contributed by atoms with Gasteiger partial charge in [-0.2, -0.15) is 0 Å². The molecule has 110 valence electrons. The van der Waals surface area contributed by atoms with E-state index < -0.39 is 0 Å². The summed E-state index contributed by atoms with van der Waals surface area (Å²) in [6.45, 7) is 4.36. The molecule has 0 fully saturated rings. The largest absolute Gasteiger partial charge is 0.493 e. The third-order valence-corrected chi connectivity index (χ3v) is 3.92. The molecule has 0 aliphatic carbocycles. The fourth-order valence-corrected chi connectivity index (χ4v) is 2.16. The number of aryl methyl sites for hydroxylation is 2. The molecule has 2 rings (SSSR count). The summed E-state index contributed by atoms with van der Waals surface area (Å²) in [7, 11) is 0. The van der Waals surface area contributed by atoms with E-state index in [2.05, 4.69) is 21.2 Å². The number of nitrogens with one attached hydrogen (secondary N) is 1. The Morgan fingerprint density at radius 3 is 2.71 bits per heavy atom. The van der Waals surface area contributed by atoms with E-state index in [1.54, 1.807) is 0 Å². The number of halogens is 1. The molecule has 0 spiro atoms. The first-order valence-electron chi connectivity index (χ1n) is 6.80. The first-order valence-corrected chi connectivity index (χ1v) is 7.59. The van der Waals surface area contributed by atoms with Gasteiger partial charge in [0.2, 0.25) is 5.91 Å². The molecule has 0 bridgehead atoms. The second-order valence-corrected chi connectivity index (χ2v) is 5.78. The third-order valence-electron chi connectivity index (χ3n) is 3.03. The second kappa shape index (κ2) is 7.27. The third kappa shape index (κ3) is 4.90. The Balaban J connectivity index is 1.81. The summed E-state index contributed by atoms with van der Waals surface area (Å²) in [4.78, 5) is 11.9. The van der Waals surface area contributed by atoms with Crippen molar-refractivity contribution in [2.24, 2.45) is 0 Å². The Hall–Kier alpha value is -1.81. The Labute approximate surface area is 133 Å². The number of anilines is 1. The van der Waals surface area contributed by atoms with Crippen molar-refractivity contribution in [3.8, 4) is 5.75 Å². The standard InChI is InChI=1S/C17H18BrNO2/c1-12-4-3-5-15(10-12)21-9-8-17(20)19-14-6-7-16(18)13(2)11-14/h3-7,10-11H,8-9H2,1-2H3,(H,19,20). The highest BCUT2D eigenvalue weighted by Crippen LogP contribution is 2.20. The molecule has 1 amide bonds. The van der Waals surface area contributed by atoms with Gasteiger partial charge >= 0.3 is 0 Å². The summed E-state index contributed by atoms with van der Waals surface area (Å²) in [6.07, 6.45) is 0.322. The fraction of sp³-hybridized carbons (Fsp3) is 0.235. The average Bonchev–Trinajstić information content (AvgIpc) is 2.43. The first-order chi connectivity index (χ1) is 10.0. The highest BCUT2D eigenvalue weighted by atomic mass is 79.9. The van der Waals surface area contributed by atoms with Crippen LogP contribution in [-0.2, 0) is 4.79 Å². The monoisotopic (exact) mass is 347 g/mol. The van der Waals surface area contributed by atoms with Crippen LogP contribution in [0.4, 0.5) is 5.69 Å². The van der Waals surface area contributed by atoms with Gasteiger partial charge in [-0.25, -0.2) is 0 Å². The number of carbonyl (C=O) groups excluding carboxylic acids is 1. The molecule has 0 heterocycles. The number of amides is 1. The van der Waals surface area contributed by atoms with Crippen molar-refractivity contribution in [1.29, 1.82) is 0 Å². The van der Waals surface area contributed by atoms with Crippen molar-refractivity contribution in [1.82, 2.24) is 0 Å². The maximum Gasteiger partial charge on any atom is 0.227 e. The molecule has 0 aliphatic rings. The van der Waals surface area contributed by atoms with Gasteiger partial charge in [-0.05, 0) is 55.3 Å². The van der Waals surface area contributed by atoms with Crippen LogP contribution in [0, 0.1) is 13.8 Å². The van der Waals surface area contributed by atoms with Gasteiger partial charge in [-0.15, -0.1) is 0 Å². The number of hydrogen-bond acceptors (Lipinski definition) is 2. The van der Waals surface area contributed by atoms with Crippen molar-refractivity contribution >= 4 is 27.5 Å². The lowest BCUT2D eigenvalue weighted by Gasteiger charge is -2.09. The first kappa shape index (κ1) is 15.6. The van der Waals surface area contributed by atoms with E-state index in [0.29, 0.717) is 13.0 Å². The molecular weight excluding hydrogens is 330 g/mol. The summed E-state index contributed by atoms with van der Waals surface area (Å²) in [5.41, 5.74) is 3.03. The van der Waals surface area contributed by atoms with Crippen molar-refractivity contribution in [3.05, 3.63) is 58.1 Å². The van der Waals surface area contributed by atoms with Gasteiger partial charge in [0.25, 0.3) is 0 Å². The molecule has 2 aromatic rings. The molecular formula is C17H18BrNO2. The van der Waals surface area contributed by atoms with Crippen LogP contribution >= 0.6 is 15.9 Å². The van der Waals surface area contributed by atoms with Gasteiger partial charge in [0.05, 0.1) is 13.0 Å². The maximum atomic E-state index is 11.9. The maximum absolute atomic E-state index is 11.9. The van der Waals surface area contributed by atoms with Crippen molar-refractivity contribution in [2.45, 2.75) is 20.3 Å². The van der Waals surface area contributed by atoms with Crippen molar-refractivity contribution in [3.63, 3.8) is 0 Å². The molecule has 0 radical (unpaired) electrons. The molecule has 0 unspecified atom stereocenters. The Morgan fingerprint density at radius 1 is 1.19 bits per heavy atom. The van der Waals surface area contributed by atoms with Crippen LogP contribution in [0.5, 0.6) is 5.75 Å². The van der Waals surface area contributed by atoms with E-state index in [1.807, 2.05) is 56.3 Å². The fourth-order valence-electron chi connectivity index (χ4n) is 1.91. The van der Waals surface area contributed by atoms with Crippen LogP contribution in [0.25, 0.3) is 0 Å². The Morgan fingerprint density at radius 2 is 2.00 bits per heavy atom. The number of ether oxygens (including phenoxy) is 1. The normalized spacial score (nSPS) is 10.2. The highest BCUT2D eigenvalue weighted by molar-refractivity contribution is 9.10.